The van der Waals surface area contributed by atoms with Gasteiger partial charge in [0.05, 0.1) is 36.0 Å². The van der Waals surface area contributed by atoms with E-state index in [0.717, 1.165) is 49.8 Å². The molecule has 0 radical (unpaired) electrons. The van der Waals surface area contributed by atoms with Crippen LogP contribution < -0.4 is 10.2 Å². The van der Waals surface area contributed by atoms with E-state index in [1.807, 2.05) is 30.2 Å². The minimum atomic E-state index is -0.717. The first-order chi connectivity index (χ1) is 16.0. The summed E-state index contributed by atoms with van der Waals surface area (Å²) in [6, 6.07) is 3.22. The number of rotatable bonds is 6. The molecule has 33 heavy (non-hydrogen) atoms. The van der Waals surface area contributed by atoms with Crippen LogP contribution in [0.25, 0.3) is 0 Å². The number of nitrogens with one attached hydrogen (secondary N) is 1. The van der Waals surface area contributed by atoms with E-state index in [1.54, 1.807) is 0 Å². The number of hydrogen-bond donors (Lipinski definition) is 1. The highest BCUT2D eigenvalue weighted by Crippen LogP contribution is 2.38. The first kappa shape index (κ1) is 20.8. The van der Waals surface area contributed by atoms with Crippen molar-refractivity contribution < 1.29 is 4.39 Å². The lowest BCUT2D eigenvalue weighted by Crippen LogP contribution is -2.73. The summed E-state index contributed by atoms with van der Waals surface area (Å²) in [6.45, 7) is 6.70. The SMILES string of the molecule is Cc1cnc(Nc2cnn(C3CC3)c2)nc1N1CC(CC#N)(N2CCN3C[C@H](F)C[C@H]3C2)C1. The van der Waals surface area contributed by atoms with Crippen LogP contribution in [0.15, 0.2) is 18.6 Å². The molecule has 0 amide bonds. The summed E-state index contributed by atoms with van der Waals surface area (Å²) < 4.78 is 15.9. The number of halogens is 1. The molecule has 1 N–H and O–H groups in total. The van der Waals surface area contributed by atoms with Crippen LogP contribution in [0, 0.1) is 18.3 Å². The molecule has 0 bridgehead atoms. The predicted molar refractivity (Wildman–Crippen MR) is 122 cm³/mol. The Hall–Kier alpha value is -2.77. The van der Waals surface area contributed by atoms with Crippen molar-refractivity contribution in [1.82, 2.24) is 29.5 Å². The number of anilines is 3. The fraction of sp³-hybridized carbons (Fsp3) is 0.652. The standard InChI is InChI=1S/C23H30FN9/c1-16-9-26-22(28-18-10-27-33(12-18)19-2-3-19)29-21(16)31-14-23(15-31,4-5-25)32-7-6-30-11-17(24)8-20(30)13-32/h9-10,12,17,19-20H,2-4,6-8,11,13-15H2,1H3,(H,26,28,29)/t17-,20+/m1/s1. The molecule has 4 fully saturated rings. The maximum atomic E-state index is 13.9. The van der Waals surface area contributed by atoms with E-state index in [-0.39, 0.29) is 11.6 Å². The molecule has 6 rings (SSSR count). The van der Waals surface area contributed by atoms with Gasteiger partial charge in [0.15, 0.2) is 0 Å². The zero-order valence-corrected chi connectivity index (χ0v) is 19.0. The molecule has 4 aliphatic rings. The molecule has 5 heterocycles. The molecule has 3 saturated heterocycles. The van der Waals surface area contributed by atoms with Gasteiger partial charge in [-0.2, -0.15) is 15.3 Å². The third-order valence-electron chi connectivity index (χ3n) is 7.64. The Morgan fingerprint density at radius 3 is 2.85 bits per heavy atom. The Morgan fingerprint density at radius 1 is 1.21 bits per heavy atom. The van der Waals surface area contributed by atoms with E-state index < -0.39 is 6.17 Å². The fourth-order valence-electron chi connectivity index (χ4n) is 5.68. The minimum absolute atomic E-state index is 0.189. The molecule has 2 aromatic heterocycles. The maximum absolute atomic E-state index is 13.9. The topological polar surface area (TPSA) is 89.1 Å². The van der Waals surface area contributed by atoms with Crippen molar-refractivity contribution in [2.75, 3.05) is 49.5 Å². The predicted octanol–water partition coefficient (Wildman–Crippen LogP) is 2.26. The molecule has 1 saturated carbocycles. The van der Waals surface area contributed by atoms with Gasteiger partial charge in [-0.05, 0) is 26.2 Å². The van der Waals surface area contributed by atoms with Crippen LogP contribution in [0.4, 0.5) is 21.8 Å². The molecule has 1 aliphatic carbocycles. The molecule has 10 heteroatoms. The Labute approximate surface area is 193 Å². The summed E-state index contributed by atoms with van der Waals surface area (Å²) in [5.74, 6) is 1.45. The largest absolute Gasteiger partial charge is 0.352 e. The number of piperazine rings is 1. The van der Waals surface area contributed by atoms with Crippen molar-refractivity contribution in [1.29, 1.82) is 5.26 Å². The molecular weight excluding hydrogens is 421 g/mol. The highest BCUT2D eigenvalue weighted by molar-refractivity contribution is 5.57. The number of nitrogens with zero attached hydrogens (tertiary/aromatic N) is 8. The van der Waals surface area contributed by atoms with Gasteiger partial charge in [0.25, 0.3) is 0 Å². The number of nitriles is 1. The van der Waals surface area contributed by atoms with Crippen LogP contribution in [-0.2, 0) is 0 Å². The van der Waals surface area contributed by atoms with Crippen molar-refractivity contribution in [3.8, 4) is 6.07 Å². The van der Waals surface area contributed by atoms with Crippen LogP contribution >= 0.6 is 0 Å². The highest BCUT2D eigenvalue weighted by Gasteiger charge is 2.51. The van der Waals surface area contributed by atoms with Gasteiger partial charge in [0, 0.05) is 63.3 Å². The number of aromatic nitrogens is 4. The van der Waals surface area contributed by atoms with Crippen LogP contribution in [0.1, 0.15) is 37.3 Å². The monoisotopic (exact) mass is 451 g/mol. The number of hydrogen-bond acceptors (Lipinski definition) is 8. The van der Waals surface area contributed by atoms with Crippen molar-refractivity contribution in [2.24, 2.45) is 0 Å². The molecule has 2 aromatic rings. The quantitative estimate of drug-likeness (QED) is 0.716. The summed E-state index contributed by atoms with van der Waals surface area (Å²) in [7, 11) is 0. The number of alkyl halides is 1. The van der Waals surface area contributed by atoms with E-state index in [1.165, 1.54) is 12.8 Å². The van der Waals surface area contributed by atoms with Crippen molar-refractivity contribution >= 4 is 17.5 Å². The Bertz CT molecular complexity index is 1070. The second kappa shape index (κ2) is 7.92. The zero-order chi connectivity index (χ0) is 22.6. The lowest BCUT2D eigenvalue weighted by atomic mass is 9.83. The van der Waals surface area contributed by atoms with Gasteiger partial charge >= 0.3 is 0 Å². The van der Waals surface area contributed by atoms with Gasteiger partial charge in [-0.3, -0.25) is 14.5 Å². The van der Waals surface area contributed by atoms with Gasteiger partial charge in [-0.15, -0.1) is 0 Å². The molecule has 0 spiro atoms. The average Bonchev–Trinajstić information content (AvgIpc) is 3.40. The van der Waals surface area contributed by atoms with Gasteiger partial charge in [0.1, 0.15) is 12.0 Å². The third kappa shape index (κ3) is 3.83. The van der Waals surface area contributed by atoms with Crippen LogP contribution in [0.3, 0.4) is 0 Å². The van der Waals surface area contributed by atoms with Gasteiger partial charge in [0.2, 0.25) is 5.95 Å². The Kier molecular flexibility index (Phi) is 4.99. The normalized spacial score (nSPS) is 27.1. The second-order valence-electron chi connectivity index (χ2n) is 10.1. The lowest BCUT2D eigenvalue weighted by Gasteiger charge is -2.58. The minimum Gasteiger partial charge on any atom is -0.352 e. The van der Waals surface area contributed by atoms with E-state index >= 15 is 0 Å². The van der Waals surface area contributed by atoms with Crippen molar-refractivity contribution in [3.63, 3.8) is 0 Å². The summed E-state index contributed by atoms with van der Waals surface area (Å²) >= 11 is 0. The third-order valence-corrected chi connectivity index (χ3v) is 7.64. The Morgan fingerprint density at radius 2 is 2.06 bits per heavy atom. The maximum Gasteiger partial charge on any atom is 0.229 e. The molecular formula is C23H30FN9. The van der Waals surface area contributed by atoms with E-state index in [9.17, 15) is 9.65 Å². The average molecular weight is 452 g/mol. The Balaban J connectivity index is 1.16. The molecule has 9 nitrogen and oxygen atoms in total. The van der Waals surface area contributed by atoms with Gasteiger partial charge < -0.3 is 10.2 Å². The second-order valence-corrected chi connectivity index (χ2v) is 10.1. The van der Waals surface area contributed by atoms with Crippen LogP contribution in [0.2, 0.25) is 0 Å². The summed E-state index contributed by atoms with van der Waals surface area (Å²) in [5, 5.41) is 17.3. The summed E-state index contributed by atoms with van der Waals surface area (Å²) in [5.41, 5.74) is 1.71. The number of aryl methyl sites for hydroxylation is 1. The fourth-order valence-corrected chi connectivity index (χ4v) is 5.68. The molecule has 3 aliphatic heterocycles. The van der Waals surface area contributed by atoms with Crippen molar-refractivity contribution in [3.05, 3.63) is 24.2 Å². The van der Waals surface area contributed by atoms with Crippen LogP contribution in [0.5, 0.6) is 0 Å². The molecule has 0 aromatic carbocycles. The zero-order valence-electron chi connectivity index (χ0n) is 19.0. The summed E-state index contributed by atoms with van der Waals surface area (Å²) in [4.78, 5) is 16.2. The molecule has 2 atom stereocenters. The smallest absolute Gasteiger partial charge is 0.229 e. The van der Waals surface area contributed by atoms with E-state index in [4.69, 9.17) is 4.98 Å². The van der Waals surface area contributed by atoms with Crippen molar-refractivity contribution in [2.45, 2.75) is 56.4 Å². The van der Waals surface area contributed by atoms with Gasteiger partial charge in [-0.25, -0.2) is 9.37 Å². The molecule has 174 valence electrons. The first-order valence-electron chi connectivity index (χ1n) is 11.9. The molecule has 0 unspecified atom stereocenters. The number of fused-ring (bicyclic) bond motifs is 1. The van der Waals surface area contributed by atoms with E-state index in [0.29, 0.717) is 31.4 Å². The van der Waals surface area contributed by atoms with Crippen LogP contribution in [-0.4, -0.2) is 86.6 Å². The van der Waals surface area contributed by atoms with Gasteiger partial charge in [-0.1, -0.05) is 0 Å². The summed E-state index contributed by atoms with van der Waals surface area (Å²) in [6.07, 6.45) is 8.42. The first-order valence-corrected chi connectivity index (χ1v) is 11.9. The highest BCUT2D eigenvalue weighted by atomic mass is 19.1. The van der Waals surface area contributed by atoms with E-state index in [2.05, 4.69) is 36.2 Å². The lowest BCUT2D eigenvalue weighted by molar-refractivity contribution is -0.000627.